The van der Waals surface area contributed by atoms with Crippen LogP contribution in [0.4, 0.5) is 0 Å². The molecule has 124 valence electrons. The summed E-state index contributed by atoms with van der Waals surface area (Å²) in [5.74, 6) is -0.753. The van der Waals surface area contributed by atoms with Crippen molar-refractivity contribution in [3.63, 3.8) is 0 Å². The van der Waals surface area contributed by atoms with Crippen molar-refractivity contribution in [3.05, 3.63) is 0 Å². The molecule has 1 heterocycles. The Morgan fingerprint density at radius 1 is 1.52 bits per heavy atom. The van der Waals surface area contributed by atoms with Gasteiger partial charge in [0.1, 0.15) is 5.54 Å². The zero-order valence-electron chi connectivity index (χ0n) is 14.4. The highest BCUT2D eigenvalue weighted by Gasteiger charge is 2.33. The number of hydrogen-bond acceptors (Lipinski definition) is 4. The molecule has 0 aromatic rings. The largest absolute Gasteiger partial charge is 0.480 e. The van der Waals surface area contributed by atoms with E-state index in [4.69, 9.17) is 0 Å². The number of nitrogens with one attached hydrogen (secondary N) is 1. The van der Waals surface area contributed by atoms with Gasteiger partial charge in [0.15, 0.2) is 0 Å². The average molecular weight is 299 g/mol. The molecule has 0 aromatic carbocycles. The number of nitrogens with zero attached hydrogens (tertiary/aromatic N) is 2. The topological polar surface area (TPSA) is 55.8 Å². The Morgan fingerprint density at radius 3 is 2.71 bits per heavy atom. The summed E-state index contributed by atoms with van der Waals surface area (Å²) in [7, 11) is 4.34. The fourth-order valence-corrected chi connectivity index (χ4v) is 3.24. The maximum absolute atomic E-state index is 11.5. The second-order valence-corrected chi connectivity index (χ2v) is 7.08. The molecule has 0 aliphatic carbocycles. The molecule has 2 unspecified atom stereocenters. The minimum atomic E-state index is -0.821. The van der Waals surface area contributed by atoms with E-state index in [1.807, 2.05) is 13.8 Å². The van der Waals surface area contributed by atoms with Gasteiger partial charge in [-0.05, 0) is 73.6 Å². The van der Waals surface area contributed by atoms with Gasteiger partial charge in [-0.1, -0.05) is 0 Å². The van der Waals surface area contributed by atoms with E-state index < -0.39 is 11.5 Å². The molecule has 5 nitrogen and oxygen atoms in total. The van der Waals surface area contributed by atoms with Crippen molar-refractivity contribution in [2.75, 3.05) is 33.7 Å². The van der Waals surface area contributed by atoms with Crippen LogP contribution in [0.3, 0.4) is 0 Å². The molecule has 2 atom stereocenters. The predicted molar refractivity (Wildman–Crippen MR) is 86.7 cm³/mol. The Bertz CT molecular complexity index is 335. The van der Waals surface area contributed by atoms with Crippen LogP contribution in [0.2, 0.25) is 0 Å². The molecule has 0 spiro atoms. The normalized spacial score (nSPS) is 23.5. The van der Waals surface area contributed by atoms with Crippen molar-refractivity contribution in [1.29, 1.82) is 0 Å². The smallest absolute Gasteiger partial charge is 0.323 e. The Morgan fingerprint density at radius 2 is 2.19 bits per heavy atom. The van der Waals surface area contributed by atoms with Gasteiger partial charge in [-0.2, -0.15) is 0 Å². The van der Waals surface area contributed by atoms with Gasteiger partial charge in [-0.15, -0.1) is 0 Å². The van der Waals surface area contributed by atoms with Gasteiger partial charge in [-0.25, -0.2) is 0 Å². The Hall–Kier alpha value is -0.650. The molecule has 1 aliphatic heterocycles. The standard InChI is InChI=1S/C16H33N3O2/c1-13(2)17-16(3,15(20)21)9-7-11-19(5)14-8-6-10-18(4)12-14/h13-14,17H,6-12H2,1-5H3,(H,20,21). The van der Waals surface area contributed by atoms with E-state index in [-0.39, 0.29) is 6.04 Å². The summed E-state index contributed by atoms with van der Waals surface area (Å²) >= 11 is 0. The zero-order chi connectivity index (χ0) is 16.0. The fourth-order valence-electron chi connectivity index (χ4n) is 3.24. The highest BCUT2D eigenvalue weighted by atomic mass is 16.4. The summed E-state index contributed by atoms with van der Waals surface area (Å²) in [6.45, 7) is 9.05. The van der Waals surface area contributed by atoms with Gasteiger partial charge in [0, 0.05) is 18.6 Å². The summed E-state index contributed by atoms with van der Waals surface area (Å²) in [5, 5.41) is 12.6. The Balaban J connectivity index is 2.41. The molecular weight excluding hydrogens is 266 g/mol. The molecule has 5 heteroatoms. The van der Waals surface area contributed by atoms with E-state index in [0.29, 0.717) is 12.5 Å². The van der Waals surface area contributed by atoms with Gasteiger partial charge < -0.3 is 14.9 Å². The highest BCUT2D eigenvalue weighted by molar-refractivity contribution is 5.78. The molecule has 0 amide bonds. The van der Waals surface area contributed by atoms with Crippen LogP contribution in [-0.2, 0) is 4.79 Å². The number of likely N-dealkylation sites (tertiary alicyclic amines) is 1. The van der Waals surface area contributed by atoms with Crippen LogP contribution in [0.5, 0.6) is 0 Å². The number of likely N-dealkylation sites (N-methyl/N-ethyl adjacent to an activating group) is 2. The molecule has 1 saturated heterocycles. The van der Waals surface area contributed by atoms with E-state index in [1.54, 1.807) is 6.92 Å². The summed E-state index contributed by atoms with van der Waals surface area (Å²) in [4.78, 5) is 16.3. The number of carbonyl (C=O) groups is 1. The summed E-state index contributed by atoms with van der Waals surface area (Å²) < 4.78 is 0. The molecule has 1 rings (SSSR count). The number of hydrogen-bond donors (Lipinski definition) is 2. The quantitative estimate of drug-likeness (QED) is 0.713. The Kier molecular flexibility index (Phi) is 7.10. The fraction of sp³-hybridized carbons (Fsp3) is 0.938. The SMILES string of the molecule is CC(C)NC(C)(CCCN(C)C1CCCN(C)C1)C(=O)O. The van der Waals surface area contributed by atoms with Gasteiger partial charge in [0.2, 0.25) is 0 Å². The third kappa shape index (κ3) is 5.93. The molecule has 0 bridgehead atoms. The first-order valence-electron chi connectivity index (χ1n) is 8.14. The van der Waals surface area contributed by atoms with Gasteiger partial charge >= 0.3 is 5.97 Å². The van der Waals surface area contributed by atoms with E-state index >= 15 is 0 Å². The number of rotatable bonds is 8. The van der Waals surface area contributed by atoms with E-state index in [2.05, 4.69) is 29.2 Å². The van der Waals surface area contributed by atoms with Crippen LogP contribution >= 0.6 is 0 Å². The first kappa shape index (κ1) is 18.4. The highest BCUT2D eigenvalue weighted by Crippen LogP contribution is 2.17. The van der Waals surface area contributed by atoms with Crippen LogP contribution in [0, 0.1) is 0 Å². The van der Waals surface area contributed by atoms with Crippen molar-refractivity contribution in [3.8, 4) is 0 Å². The molecule has 0 radical (unpaired) electrons. The van der Waals surface area contributed by atoms with Gasteiger partial charge in [0.25, 0.3) is 0 Å². The minimum absolute atomic E-state index is 0.177. The molecule has 21 heavy (non-hydrogen) atoms. The Labute approximate surface area is 129 Å². The lowest BCUT2D eigenvalue weighted by atomic mass is 9.94. The van der Waals surface area contributed by atoms with Crippen molar-refractivity contribution >= 4 is 5.97 Å². The maximum atomic E-state index is 11.5. The second kappa shape index (κ2) is 8.11. The average Bonchev–Trinajstić information content (AvgIpc) is 2.37. The van der Waals surface area contributed by atoms with Crippen LogP contribution in [-0.4, -0.2) is 72.2 Å². The predicted octanol–water partition coefficient (Wildman–Crippen LogP) is 1.63. The zero-order valence-corrected chi connectivity index (χ0v) is 14.4. The lowest BCUT2D eigenvalue weighted by Gasteiger charge is -2.36. The summed E-state index contributed by atoms with van der Waals surface area (Å²) in [5.41, 5.74) is -0.821. The third-order valence-corrected chi connectivity index (χ3v) is 4.49. The molecular formula is C16H33N3O2. The molecule has 1 fully saturated rings. The van der Waals surface area contributed by atoms with E-state index in [0.717, 1.165) is 19.5 Å². The van der Waals surface area contributed by atoms with Crippen molar-refractivity contribution in [2.45, 2.75) is 64.1 Å². The van der Waals surface area contributed by atoms with Crippen molar-refractivity contribution < 1.29 is 9.90 Å². The molecule has 2 N–H and O–H groups in total. The first-order valence-corrected chi connectivity index (χ1v) is 8.14. The maximum Gasteiger partial charge on any atom is 0.323 e. The summed E-state index contributed by atoms with van der Waals surface area (Å²) in [6.07, 6.45) is 4.07. The monoisotopic (exact) mass is 299 g/mol. The molecule has 0 saturated carbocycles. The number of piperidine rings is 1. The number of carboxylic acid groups (broad SMARTS) is 1. The van der Waals surface area contributed by atoms with Gasteiger partial charge in [-0.3, -0.25) is 10.1 Å². The van der Waals surface area contributed by atoms with Gasteiger partial charge in [0.05, 0.1) is 0 Å². The van der Waals surface area contributed by atoms with E-state index in [9.17, 15) is 9.90 Å². The van der Waals surface area contributed by atoms with Crippen LogP contribution < -0.4 is 5.32 Å². The van der Waals surface area contributed by atoms with Crippen LogP contribution in [0.25, 0.3) is 0 Å². The van der Waals surface area contributed by atoms with Crippen molar-refractivity contribution in [1.82, 2.24) is 15.1 Å². The van der Waals surface area contributed by atoms with Crippen molar-refractivity contribution in [2.24, 2.45) is 0 Å². The number of aliphatic carboxylic acids is 1. The second-order valence-electron chi connectivity index (χ2n) is 7.08. The first-order chi connectivity index (χ1) is 9.74. The summed E-state index contributed by atoms with van der Waals surface area (Å²) in [6, 6.07) is 0.786. The minimum Gasteiger partial charge on any atom is -0.480 e. The molecule has 1 aliphatic rings. The van der Waals surface area contributed by atoms with E-state index in [1.165, 1.54) is 19.4 Å². The number of carboxylic acids is 1. The van der Waals surface area contributed by atoms with Crippen LogP contribution in [0.1, 0.15) is 46.5 Å². The van der Waals surface area contributed by atoms with Crippen LogP contribution in [0.15, 0.2) is 0 Å². The molecule has 0 aromatic heterocycles. The lowest BCUT2D eigenvalue weighted by Crippen LogP contribution is -2.52. The lowest BCUT2D eigenvalue weighted by molar-refractivity contribution is -0.144. The third-order valence-electron chi connectivity index (χ3n) is 4.49.